The monoisotopic (exact) mass is 422 g/mol. The van der Waals surface area contributed by atoms with Gasteiger partial charge in [0, 0.05) is 54.9 Å². The molecule has 0 fully saturated rings. The number of carbonyl (C=O) groups excluding carboxylic acids is 1. The molecular weight excluding hydrogens is 400 g/mol. The summed E-state index contributed by atoms with van der Waals surface area (Å²) in [5, 5.41) is 14.7. The lowest BCUT2D eigenvalue weighted by atomic mass is 9.90. The van der Waals surface area contributed by atoms with Gasteiger partial charge in [-0.15, -0.1) is 0 Å². The van der Waals surface area contributed by atoms with E-state index in [9.17, 15) is 4.79 Å². The van der Waals surface area contributed by atoms with Crippen molar-refractivity contribution in [2.24, 2.45) is 4.99 Å². The fourth-order valence-electron chi connectivity index (χ4n) is 3.50. The van der Waals surface area contributed by atoms with Gasteiger partial charge in [-0.2, -0.15) is 5.10 Å². The Bertz CT molecular complexity index is 1060. The number of aliphatic imine (C=N–C) groups is 1. The summed E-state index contributed by atoms with van der Waals surface area (Å²) in [5.41, 5.74) is 4.00. The zero-order valence-electron chi connectivity index (χ0n) is 16.6. The lowest BCUT2D eigenvalue weighted by Crippen LogP contribution is -2.40. The van der Waals surface area contributed by atoms with Crippen molar-refractivity contribution in [1.29, 1.82) is 0 Å². The molecular formula is C22H23ClN6O. The molecule has 1 aromatic heterocycles. The number of benzene rings is 2. The molecule has 0 saturated heterocycles. The van der Waals surface area contributed by atoms with Crippen LogP contribution in [-0.4, -0.2) is 35.2 Å². The number of nitrogens with zero attached hydrogens (tertiary/aromatic N) is 3. The van der Waals surface area contributed by atoms with Crippen LogP contribution < -0.4 is 16.0 Å². The maximum absolute atomic E-state index is 12.0. The van der Waals surface area contributed by atoms with Crippen LogP contribution in [0, 0.1) is 0 Å². The Morgan fingerprint density at radius 1 is 1.23 bits per heavy atom. The number of nitrogens with one attached hydrogen (secondary N) is 3. The zero-order chi connectivity index (χ0) is 20.9. The Morgan fingerprint density at radius 2 is 2.03 bits per heavy atom. The fourth-order valence-corrected chi connectivity index (χ4v) is 3.62. The molecule has 1 atom stereocenters. The van der Waals surface area contributed by atoms with E-state index >= 15 is 0 Å². The van der Waals surface area contributed by atoms with Crippen molar-refractivity contribution in [2.75, 3.05) is 18.9 Å². The highest BCUT2D eigenvalue weighted by atomic mass is 35.5. The second kappa shape index (κ2) is 9.00. The number of halogens is 1. The summed E-state index contributed by atoms with van der Waals surface area (Å²) in [6.45, 7) is 1.20. The Hall–Kier alpha value is -3.32. The highest BCUT2D eigenvalue weighted by Gasteiger charge is 2.24. The molecule has 4 rings (SSSR count). The minimum atomic E-state index is 0.0399. The van der Waals surface area contributed by atoms with Gasteiger partial charge in [0.2, 0.25) is 5.91 Å². The predicted octanol–water partition coefficient (Wildman–Crippen LogP) is 3.32. The highest BCUT2D eigenvalue weighted by molar-refractivity contribution is 6.30. The molecule has 0 aliphatic carbocycles. The van der Waals surface area contributed by atoms with E-state index in [1.54, 1.807) is 11.7 Å². The molecule has 1 amide bonds. The number of anilines is 1. The van der Waals surface area contributed by atoms with E-state index in [0.29, 0.717) is 30.5 Å². The molecule has 2 aromatic carbocycles. The van der Waals surface area contributed by atoms with Crippen molar-refractivity contribution in [1.82, 2.24) is 20.4 Å². The van der Waals surface area contributed by atoms with E-state index < -0.39 is 0 Å². The van der Waals surface area contributed by atoms with Crippen LogP contribution in [0.2, 0.25) is 5.02 Å². The molecule has 0 saturated carbocycles. The van der Waals surface area contributed by atoms with Gasteiger partial charge in [-0.1, -0.05) is 29.8 Å². The third-order valence-corrected chi connectivity index (χ3v) is 5.29. The number of para-hydroxylation sites is 1. The van der Waals surface area contributed by atoms with Gasteiger partial charge in [-0.05, 0) is 35.9 Å². The highest BCUT2D eigenvalue weighted by Crippen LogP contribution is 2.31. The summed E-state index contributed by atoms with van der Waals surface area (Å²) in [6, 6.07) is 15.4. The molecule has 1 aliphatic rings. The van der Waals surface area contributed by atoms with Crippen molar-refractivity contribution in [3.8, 4) is 5.69 Å². The molecule has 1 unspecified atom stereocenters. The fraction of sp³-hybridized carbons (Fsp3) is 0.227. The quantitative estimate of drug-likeness (QED) is 0.435. The van der Waals surface area contributed by atoms with Crippen molar-refractivity contribution in [3.63, 3.8) is 0 Å². The summed E-state index contributed by atoms with van der Waals surface area (Å²) in [4.78, 5) is 16.3. The third kappa shape index (κ3) is 4.63. The zero-order valence-corrected chi connectivity index (χ0v) is 17.4. The Balaban J connectivity index is 1.34. The Labute approximate surface area is 180 Å². The number of hydrogen-bond donors (Lipinski definition) is 3. The van der Waals surface area contributed by atoms with Gasteiger partial charge in [-0.3, -0.25) is 9.79 Å². The van der Waals surface area contributed by atoms with Gasteiger partial charge in [0.25, 0.3) is 0 Å². The van der Waals surface area contributed by atoms with Crippen LogP contribution in [0.15, 0.2) is 65.9 Å². The van der Waals surface area contributed by atoms with Gasteiger partial charge in [0.05, 0.1) is 11.9 Å². The number of aromatic nitrogens is 2. The number of guanidine groups is 1. The van der Waals surface area contributed by atoms with Gasteiger partial charge in [0.1, 0.15) is 0 Å². The van der Waals surface area contributed by atoms with Crippen LogP contribution in [0.5, 0.6) is 0 Å². The van der Waals surface area contributed by atoms with Crippen LogP contribution in [-0.2, 0) is 11.3 Å². The van der Waals surface area contributed by atoms with Crippen molar-refractivity contribution >= 4 is 29.2 Å². The summed E-state index contributed by atoms with van der Waals surface area (Å²) < 4.78 is 1.81. The summed E-state index contributed by atoms with van der Waals surface area (Å²) in [5.74, 6) is 0.817. The minimum absolute atomic E-state index is 0.0399. The van der Waals surface area contributed by atoms with Gasteiger partial charge < -0.3 is 16.0 Å². The van der Waals surface area contributed by atoms with Gasteiger partial charge in [-0.25, -0.2) is 4.68 Å². The summed E-state index contributed by atoms with van der Waals surface area (Å²) in [7, 11) is 1.73. The predicted molar refractivity (Wildman–Crippen MR) is 119 cm³/mol. The van der Waals surface area contributed by atoms with Crippen molar-refractivity contribution in [3.05, 3.63) is 77.1 Å². The number of fused-ring (bicyclic) bond motifs is 1. The lowest BCUT2D eigenvalue weighted by molar-refractivity contribution is -0.116. The van der Waals surface area contributed by atoms with E-state index in [1.165, 1.54) is 0 Å². The Morgan fingerprint density at radius 3 is 2.83 bits per heavy atom. The topological polar surface area (TPSA) is 83.3 Å². The molecule has 1 aliphatic heterocycles. The first-order valence-corrected chi connectivity index (χ1v) is 10.1. The normalized spacial score (nSPS) is 16.0. The first-order chi connectivity index (χ1) is 14.6. The maximum Gasteiger partial charge on any atom is 0.225 e. The molecule has 30 heavy (non-hydrogen) atoms. The molecule has 2 heterocycles. The molecule has 8 heteroatoms. The number of rotatable bonds is 5. The summed E-state index contributed by atoms with van der Waals surface area (Å²) >= 11 is 5.94. The SMILES string of the molecule is CN=C(NCc1cnn(-c2ccc(Cl)cc2)c1)NCC1CC(=O)Nc2ccccc21. The maximum atomic E-state index is 12.0. The van der Waals surface area contributed by atoms with E-state index in [1.807, 2.05) is 54.9 Å². The number of amides is 1. The molecule has 0 spiro atoms. The average Bonchev–Trinajstić information content (AvgIpc) is 3.23. The van der Waals surface area contributed by atoms with Crippen LogP contribution >= 0.6 is 11.6 Å². The number of hydrogen-bond acceptors (Lipinski definition) is 3. The standard InChI is InChI=1S/C22H23ClN6O/c1-24-22(26-13-16-10-21(30)28-20-5-3-2-4-19(16)20)25-11-15-12-27-29(14-15)18-8-6-17(23)7-9-18/h2-9,12,14,16H,10-11,13H2,1H3,(H,28,30)(H2,24,25,26). The van der Waals surface area contributed by atoms with Crippen molar-refractivity contribution in [2.45, 2.75) is 18.9 Å². The van der Waals surface area contributed by atoms with Crippen LogP contribution in [0.1, 0.15) is 23.5 Å². The van der Waals surface area contributed by atoms with Crippen LogP contribution in [0.4, 0.5) is 5.69 Å². The van der Waals surface area contributed by atoms with Gasteiger partial charge in [0.15, 0.2) is 5.96 Å². The molecule has 0 bridgehead atoms. The van der Waals surface area contributed by atoms with E-state index in [4.69, 9.17) is 11.6 Å². The number of carbonyl (C=O) groups is 1. The second-order valence-electron chi connectivity index (χ2n) is 7.11. The Kier molecular flexibility index (Phi) is 5.99. The van der Waals surface area contributed by atoms with Crippen LogP contribution in [0.3, 0.4) is 0 Å². The first-order valence-electron chi connectivity index (χ1n) is 9.75. The van der Waals surface area contributed by atoms with Gasteiger partial charge >= 0.3 is 0 Å². The lowest BCUT2D eigenvalue weighted by Gasteiger charge is -2.26. The first kappa shape index (κ1) is 20.0. The molecule has 0 radical (unpaired) electrons. The smallest absolute Gasteiger partial charge is 0.225 e. The average molecular weight is 423 g/mol. The molecule has 3 N–H and O–H groups in total. The molecule has 3 aromatic rings. The van der Waals surface area contributed by atoms with E-state index in [2.05, 4.69) is 32.1 Å². The van der Waals surface area contributed by atoms with E-state index in [-0.39, 0.29) is 11.8 Å². The van der Waals surface area contributed by atoms with Crippen molar-refractivity contribution < 1.29 is 4.79 Å². The second-order valence-corrected chi connectivity index (χ2v) is 7.55. The largest absolute Gasteiger partial charge is 0.356 e. The minimum Gasteiger partial charge on any atom is -0.356 e. The summed E-state index contributed by atoms with van der Waals surface area (Å²) in [6.07, 6.45) is 4.23. The van der Waals surface area contributed by atoms with E-state index in [0.717, 1.165) is 22.5 Å². The third-order valence-electron chi connectivity index (χ3n) is 5.03. The van der Waals surface area contributed by atoms with Crippen LogP contribution in [0.25, 0.3) is 5.69 Å². The molecule has 7 nitrogen and oxygen atoms in total. The molecule has 154 valence electrons.